The molecule has 196 valence electrons. The molecule has 10 heteroatoms. The van der Waals surface area contributed by atoms with Crippen LogP contribution in [0.15, 0.2) is 72.9 Å². The molecule has 38 heavy (non-hydrogen) atoms. The lowest BCUT2D eigenvalue weighted by Crippen LogP contribution is -2.47. The minimum atomic E-state index is -1.16. The Labute approximate surface area is 222 Å². The number of carbonyl (C=O) groups is 1. The van der Waals surface area contributed by atoms with Crippen molar-refractivity contribution in [2.75, 3.05) is 6.54 Å². The second-order valence-corrected chi connectivity index (χ2v) is 9.74. The highest BCUT2D eigenvalue weighted by atomic mass is 35.5. The Hall–Kier alpha value is -3.66. The highest BCUT2D eigenvalue weighted by molar-refractivity contribution is 6.30. The summed E-state index contributed by atoms with van der Waals surface area (Å²) in [6.45, 7) is 0.392. The molecule has 0 unspecified atom stereocenters. The van der Waals surface area contributed by atoms with Gasteiger partial charge in [0.05, 0.1) is 18.0 Å². The highest BCUT2D eigenvalue weighted by Crippen LogP contribution is 2.35. The molecule has 3 aromatic carbocycles. The van der Waals surface area contributed by atoms with Gasteiger partial charge in [0, 0.05) is 42.2 Å². The van der Waals surface area contributed by atoms with E-state index in [1.54, 1.807) is 35.4 Å². The van der Waals surface area contributed by atoms with E-state index >= 15 is 0 Å². The Kier molecular flexibility index (Phi) is 7.51. The second kappa shape index (κ2) is 11.0. The number of aromatic nitrogens is 2. The van der Waals surface area contributed by atoms with Crippen LogP contribution in [0.3, 0.4) is 0 Å². The molecule has 5 rings (SSSR count). The van der Waals surface area contributed by atoms with Gasteiger partial charge in [-0.3, -0.25) is 14.8 Å². The molecule has 1 fully saturated rings. The second-order valence-electron chi connectivity index (χ2n) is 9.30. The highest BCUT2D eigenvalue weighted by Gasteiger charge is 2.45. The zero-order valence-corrected chi connectivity index (χ0v) is 20.8. The van der Waals surface area contributed by atoms with Crippen molar-refractivity contribution in [2.24, 2.45) is 0 Å². The number of benzene rings is 3. The summed E-state index contributed by atoms with van der Waals surface area (Å²) >= 11 is 6.02. The third-order valence-electron chi connectivity index (χ3n) is 6.72. The fourth-order valence-electron chi connectivity index (χ4n) is 4.96. The minimum Gasteiger partial charge on any atom is -0.390 e. The molecule has 1 aliphatic rings. The zero-order valence-electron chi connectivity index (χ0n) is 20.0. The summed E-state index contributed by atoms with van der Waals surface area (Å²) in [6.07, 6.45) is 0.489. The molecule has 0 aliphatic carbocycles. The number of H-pyrrole nitrogens is 1. The number of hydrogen-bond acceptors (Lipinski definition) is 4. The molecule has 1 aliphatic heterocycles. The van der Waals surface area contributed by atoms with E-state index < -0.39 is 41.4 Å². The van der Waals surface area contributed by atoms with E-state index in [0.29, 0.717) is 10.6 Å². The number of carbonyl (C=O) groups excluding carboxylic acids is 1. The molecule has 1 amide bonds. The van der Waals surface area contributed by atoms with Crippen molar-refractivity contribution in [3.63, 3.8) is 0 Å². The largest absolute Gasteiger partial charge is 0.390 e. The number of aliphatic hydroxyl groups excluding tert-OH is 1. The molecule has 0 saturated carbocycles. The molecule has 0 radical (unpaired) electrons. The first kappa shape index (κ1) is 26.0. The topological polar surface area (TPSA) is 81.2 Å². The molecule has 1 saturated heterocycles. The third-order valence-corrected chi connectivity index (χ3v) is 6.97. The van der Waals surface area contributed by atoms with E-state index in [2.05, 4.69) is 15.5 Å². The molecule has 0 spiro atoms. The van der Waals surface area contributed by atoms with Crippen LogP contribution in [0.5, 0.6) is 0 Å². The number of aromatic amines is 1. The number of nitrogens with one attached hydrogen (secondary N) is 2. The molecular formula is C28H24ClF3N4O2. The van der Waals surface area contributed by atoms with Gasteiger partial charge in [-0.1, -0.05) is 35.9 Å². The Bertz CT molecular complexity index is 1430. The van der Waals surface area contributed by atoms with Gasteiger partial charge in [-0.25, -0.2) is 13.2 Å². The van der Waals surface area contributed by atoms with Gasteiger partial charge >= 0.3 is 0 Å². The summed E-state index contributed by atoms with van der Waals surface area (Å²) < 4.78 is 41.2. The van der Waals surface area contributed by atoms with Crippen molar-refractivity contribution in [1.82, 2.24) is 20.4 Å². The van der Waals surface area contributed by atoms with Crippen LogP contribution in [0, 0.1) is 17.5 Å². The maximum atomic E-state index is 14.0. The summed E-state index contributed by atoms with van der Waals surface area (Å²) in [5, 5.41) is 21.7. The summed E-state index contributed by atoms with van der Waals surface area (Å²) in [7, 11) is 0. The predicted octanol–water partition coefficient (Wildman–Crippen LogP) is 4.79. The van der Waals surface area contributed by atoms with Crippen LogP contribution in [0.4, 0.5) is 13.2 Å². The van der Waals surface area contributed by atoms with Crippen LogP contribution in [0.2, 0.25) is 5.02 Å². The summed E-state index contributed by atoms with van der Waals surface area (Å²) in [5.74, 6) is -3.01. The van der Waals surface area contributed by atoms with Crippen molar-refractivity contribution in [3.8, 4) is 11.3 Å². The van der Waals surface area contributed by atoms with E-state index in [9.17, 15) is 23.1 Å². The number of likely N-dealkylation sites (tertiary alicyclic amines) is 1. The quantitative estimate of drug-likeness (QED) is 0.315. The average molecular weight is 541 g/mol. The fourth-order valence-corrected chi connectivity index (χ4v) is 5.08. The molecular weight excluding hydrogens is 517 g/mol. The number of rotatable bonds is 7. The number of nitrogens with zero attached hydrogens (tertiary/aromatic N) is 2. The lowest BCUT2D eigenvalue weighted by molar-refractivity contribution is -0.128. The lowest BCUT2D eigenvalue weighted by Gasteiger charge is -2.25. The molecule has 1 aromatic heterocycles. The number of aliphatic hydroxyl groups is 1. The van der Waals surface area contributed by atoms with E-state index in [-0.39, 0.29) is 25.2 Å². The molecule has 3 N–H and O–H groups in total. The van der Waals surface area contributed by atoms with Crippen molar-refractivity contribution in [3.05, 3.63) is 112 Å². The minimum absolute atomic E-state index is 0.128. The Balaban J connectivity index is 1.41. The van der Waals surface area contributed by atoms with Crippen LogP contribution in [-0.4, -0.2) is 44.8 Å². The van der Waals surface area contributed by atoms with Gasteiger partial charge in [0.1, 0.15) is 23.5 Å². The molecule has 2 heterocycles. The molecule has 4 aromatic rings. The van der Waals surface area contributed by atoms with Crippen LogP contribution < -0.4 is 5.32 Å². The van der Waals surface area contributed by atoms with Crippen molar-refractivity contribution >= 4 is 17.5 Å². The van der Waals surface area contributed by atoms with Gasteiger partial charge in [0.25, 0.3) is 0 Å². The number of amides is 1. The monoisotopic (exact) mass is 540 g/mol. The number of halogens is 4. The standard InChI is InChI=1S/C28H24ClF3N4O2/c29-20-6-4-17(5-7-20)25-19(13-34-35-25)14-36-15-24(18-2-1-3-21(30)10-18)27(37)26(36)28(38)33-12-16-8-22(31)11-23(32)9-16/h1-11,13,24,26-27,37H,12,14-15H2,(H,33,38)(H,34,35)/t24-,26+,27-/m1/s1. The summed E-state index contributed by atoms with van der Waals surface area (Å²) in [5.41, 5.74) is 3.17. The van der Waals surface area contributed by atoms with E-state index in [4.69, 9.17) is 11.6 Å². The Morgan fingerprint density at radius 2 is 1.79 bits per heavy atom. The first-order valence-corrected chi connectivity index (χ1v) is 12.3. The van der Waals surface area contributed by atoms with Crippen molar-refractivity contribution in [1.29, 1.82) is 0 Å². The molecule has 3 atom stereocenters. The molecule has 6 nitrogen and oxygen atoms in total. The Morgan fingerprint density at radius 3 is 2.50 bits per heavy atom. The zero-order chi connectivity index (χ0) is 26.8. The predicted molar refractivity (Wildman–Crippen MR) is 137 cm³/mol. The third kappa shape index (κ3) is 5.60. The van der Waals surface area contributed by atoms with Crippen LogP contribution >= 0.6 is 11.6 Å². The van der Waals surface area contributed by atoms with Crippen molar-refractivity contribution in [2.45, 2.75) is 31.2 Å². The normalized spacial score (nSPS) is 19.6. The number of hydrogen-bond donors (Lipinski definition) is 3. The van der Waals surface area contributed by atoms with Crippen LogP contribution in [-0.2, 0) is 17.9 Å². The van der Waals surface area contributed by atoms with Gasteiger partial charge in [-0.15, -0.1) is 0 Å². The summed E-state index contributed by atoms with van der Waals surface area (Å²) in [6, 6.07) is 15.1. The first-order valence-electron chi connectivity index (χ1n) is 12.0. The summed E-state index contributed by atoms with van der Waals surface area (Å²) in [4.78, 5) is 15.2. The maximum absolute atomic E-state index is 14.0. The SMILES string of the molecule is O=C(NCc1cc(F)cc(F)c1)[C@@H]1[C@H](O)[C@@H](c2cccc(F)c2)CN1Cc1cn[nH]c1-c1ccc(Cl)cc1. The first-order chi connectivity index (χ1) is 18.3. The van der Waals surface area contributed by atoms with E-state index in [1.807, 2.05) is 12.1 Å². The van der Waals surface area contributed by atoms with Crippen molar-refractivity contribution < 1.29 is 23.1 Å². The van der Waals surface area contributed by atoms with Gasteiger partial charge < -0.3 is 10.4 Å². The van der Waals surface area contributed by atoms with Crippen LogP contribution in [0.25, 0.3) is 11.3 Å². The van der Waals surface area contributed by atoms with Gasteiger partial charge in [0.15, 0.2) is 0 Å². The van der Waals surface area contributed by atoms with Gasteiger partial charge in [-0.05, 0) is 53.1 Å². The van der Waals surface area contributed by atoms with E-state index in [0.717, 1.165) is 35.0 Å². The van der Waals surface area contributed by atoms with Gasteiger partial charge in [0.2, 0.25) is 5.91 Å². The lowest BCUT2D eigenvalue weighted by atomic mass is 9.93. The van der Waals surface area contributed by atoms with Crippen LogP contribution in [0.1, 0.15) is 22.6 Å². The maximum Gasteiger partial charge on any atom is 0.240 e. The van der Waals surface area contributed by atoms with Gasteiger partial charge in [-0.2, -0.15) is 5.10 Å². The molecule has 0 bridgehead atoms. The average Bonchev–Trinajstić information content (AvgIpc) is 3.47. The van der Waals surface area contributed by atoms with E-state index in [1.165, 1.54) is 12.1 Å². The fraction of sp³-hybridized carbons (Fsp3) is 0.214. The Morgan fingerprint density at radius 1 is 1.05 bits per heavy atom. The smallest absolute Gasteiger partial charge is 0.240 e.